The molecule has 3 aliphatic rings. The Morgan fingerprint density at radius 3 is 2.96 bits per heavy atom. The maximum absolute atomic E-state index is 12.5. The lowest BCUT2D eigenvalue weighted by Gasteiger charge is -2.29. The largest absolute Gasteiger partial charge is 0.391 e. The van der Waals surface area contributed by atoms with Crippen molar-refractivity contribution < 1.29 is 14.7 Å². The number of nitrogens with one attached hydrogen (secondary N) is 1. The van der Waals surface area contributed by atoms with Crippen molar-refractivity contribution in [2.75, 3.05) is 13.1 Å². The predicted molar refractivity (Wildman–Crippen MR) is 87.1 cm³/mol. The normalized spacial score (nSPS) is 34.1. The van der Waals surface area contributed by atoms with Gasteiger partial charge in [0.2, 0.25) is 5.91 Å². The molecule has 1 saturated heterocycles. The van der Waals surface area contributed by atoms with Gasteiger partial charge in [-0.25, -0.2) is 0 Å². The van der Waals surface area contributed by atoms with E-state index in [9.17, 15) is 14.7 Å². The van der Waals surface area contributed by atoms with Gasteiger partial charge in [-0.1, -0.05) is 0 Å². The van der Waals surface area contributed by atoms with Crippen molar-refractivity contribution in [3.05, 3.63) is 22.4 Å². The first kappa shape index (κ1) is 15.1. The zero-order valence-corrected chi connectivity index (χ0v) is 13.8. The molecule has 2 saturated carbocycles. The van der Waals surface area contributed by atoms with E-state index in [1.165, 1.54) is 11.3 Å². The fourth-order valence-corrected chi connectivity index (χ4v) is 5.42. The number of amides is 2. The number of carbonyl (C=O) groups excluding carboxylic acids is 2. The van der Waals surface area contributed by atoms with Crippen LogP contribution in [0.25, 0.3) is 0 Å². The Hall–Kier alpha value is -1.40. The van der Waals surface area contributed by atoms with Crippen LogP contribution < -0.4 is 5.32 Å². The molecule has 2 heterocycles. The van der Waals surface area contributed by atoms with Crippen molar-refractivity contribution in [2.24, 2.45) is 17.8 Å². The molecule has 0 spiro atoms. The minimum Gasteiger partial charge on any atom is -0.391 e. The highest BCUT2D eigenvalue weighted by molar-refractivity contribution is 7.08. The maximum Gasteiger partial charge on any atom is 0.252 e. The molecule has 124 valence electrons. The molecular formula is C17H22N2O3S. The lowest BCUT2D eigenvalue weighted by Crippen LogP contribution is -2.43. The third kappa shape index (κ3) is 2.58. The van der Waals surface area contributed by atoms with Crippen molar-refractivity contribution >= 4 is 23.2 Å². The molecule has 2 amide bonds. The molecule has 2 N–H and O–H groups in total. The van der Waals surface area contributed by atoms with E-state index in [0.717, 1.165) is 19.4 Å². The minimum atomic E-state index is -0.319. The molecule has 0 radical (unpaired) electrons. The summed E-state index contributed by atoms with van der Waals surface area (Å²) in [6.45, 7) is 1.33. The summed E-state index contributed by atoms with van der Waals surface area (Å²) in [6, 6.07) is 1.86. The predicted octanol–water partition coefficient (Wildman–Crippen LogP) is 1.49. The van der Waals surface area contributed by atoms with Gasteiger partial charge < -0.3 is 15.3 Å². The van der Waals surface area contributed by atoms with Crippen LogP contribution in [0, 0.1) is 17.8 Å². The summed E-state index contributed by atoms with van der Waals surface area (Å²) in [7, 11) is 0. The van der Waals surface area contributed by atoms with Crippen LogP contribution in [0.4, 0.5) is 0 Å². The lowest BCUT2D eigenvalue weighted by atomic mass is 9.88. The Morgan fingerprint density at radius 1 is 1.35 bits per heavy atom. The molecule has 4 rings (SSSR count). The number of hydrogen-bond acceptors (Lipinski definition) is 4. The number of aliphatic hydroxyl groups is 1. The highest BCUT2D eigenvalue weighted by Crippen LogP contribution is 2.54. The van der Waals surface area contributed by atoms with Gasteiger partial charge in [-0.15, -0.1) is 0 Å². The molecule has 2 aliphatic carbocycles. The van der Waals surface area contributed by atoms with Gasteiger partial charge in [0.15, 0.2) is 0 Å². The smallest absolute Gasteiger partial charge is 0.252 e. The summed E-state index contributed by atoms with van der Waals surface area (Å²) < 4.78 is 0. The van der Waals surface area contributed by atoms with Gasteiger partial charge >= 0.3 is 0 Å². The van der Waals surface area contributed by atoms with E-state index in [4.69, 9.17) is 0 Å². The van der Waals surface area contributed by atoms with Crippen LogP contribution in [0.2, 0.25) is 0 Å². The maximum atomic E-state index is 12.5. The monoisotopic (exact) mass is 334 g/mol. The zero-order chi connectivity index (χ0) is 16.0. The Morgan fingerprint density at radius 2 is 2.22 bits per heavy atom. The lowest BCUT2D eigenvalue weighted by molar-refractivity contribution is -0.134. The second-order valence-corrected chi connectivity index (χ2v) is 7.83. The summed E-state index contributed by atoms with van der Waals surface area (Å²) in [5.74, 6) is 1.60. The number of nitrogens with zero attached hydrogens (tertiary/aromatic N) is 1. The van der Waals surface area contributed by atoms with Gasteiger partial charge in [0.25, 0.3) is 5.91 Å². The van der Waals surface area contributed by atoms with Crippen molar-refractivity contribution in [3.8, 4) is 0 Å². The number of rotatable bonds is 5. The molecule has 0 aromatic carbocycles. The first-order chi connectivity index (χ1) is 11.1. The van der Waals surface area contributed by atoms with E-state index < -0.39 is 0 Å². The SMILES string of the molecule is O=C(NCCCC(=O)N1C[C@@H]2C[C@H]3C[C@H]2[C@@H]1[C@H]3O)c1ccsc1. The summed E-state index contributed by atoms with van der Waals surface area (Å²) in [5.41, 5.74) is 0.678. The summed E-state index contributed by atoms with van der Waals surface area (Å²) in [4.78, 5) is 26.2. The number of aliphatic hydroxyl groups excluding tert-OH is 1. The van der Waals surface area contributed by atoms with E-state index >= 15 is 0 Å². The van der Waals surface area contributed by atoms with Crippen LogP contribution in [0.15, 0.2) is 16.8 Å². The number of hydrogen-bond donors (Lipinski definition) is 2. The zero-order valence-electron chi connectivity index (χ0n) is 13.0. The number of fused-ring (bicyclic) bond motifs is 1. The Balaban J connectivity index is 1.24. The quantitative estimate of drug-likeness (QED) is 0.802. The average Bonchev–Trinajstić information content (AvgIpc) is 3.26. The second-order valence-electron chi connectivity index (χ2n) is 7.05. The molecule has 5 nitrogen and oxygen atoms in total. The molecule has 5 atom stereocenters. The van der Waals surface area contributed by atoms with E-state index in [2.05, 4.69) is 5.32 Å². The minimum absolute atomic E-state index is 0.0617. The Kier molecular flexibility index (Phi) is 3.89. The first-order valence-corrected chi connectivity index (χ1v) is 9.37. The van der Waals surface area contributed by atoms with Crippen molar-refractivity contribution in [2.45, 2.75) is 37.8 Å². The van der Waals surface area contributed by atoms with Gasteiger partial charge in [-0.3, -0.25) is 9.59 Å². The standard InChI is InChI=1S/C17H22N2O3S/c20-14(2-1-4-18-17(22)10-3-5-23-9-10)19-8-12-6-11-7-13(12)15(19)16(11)21/h3,5,9,11-13,15-16,21H,1-2,4,6-8H2,(H,18,22)/t11-,12-,13+,15+,16-/m0/s1. The van der Waals surface area contributed by atoms with E-state index in [-0.39, 0.29) is 24.0 Å². The average molecular weight is 334 g/mol. The van der Waals surface area contributed by atoms with Crippen LogP contribution in [0.1, 0.15) is 36.0 Å². The summed E-state index contributed by atoms with van der Waals surface area (Å²) >= 11 is 1.50. The highest BCUT2D eigenvalue weighted by Gasteiger charge is 2.59. The fourth-order valence-electron chi connectivity index (χ4n) is 4.78. The van der Waals surface area contributed by atoms with Crippen LogP contribution >= 0.6 is 11.3 Å². The highest BCUT2D eigenvalue weighted by atomic mass is 32.1. The molecular weight excluding hydrogens is 312 g/mol. The van der Waals surface area contributed by atoms with E-state index in [1.807, 2.05) is 15.7 Å². The Bertz CT molecular complexity index is 601. The van der Waals surface area contributed by atoms with Gasteiger partial charge in [0.05, 0.1) is 12.1 Å². The first-order valence-electron chi connectivity index (χ1n) is 8.43. The van der Waals surface area contributed by atoms with E-state index in [0.29, 0.717) is 42.7 Å². The third-order valence-corrected chi connectivity index (χ3v) is 6.49. The molecule has 3 fully saturated rings. The number of carbonyl (C=O) groups is 2. The van der Waals surface area contributed by atoms with Crippen molar-refractivity contribution in [3.63, 3.8) is 0 Å². The summed E-state index contributed by atoms with van der Waals surface area (Å²) in [6.07, 6.45) is 2.95. The van der Waals surface area contributed by atoms with Crippen molar-refractivity contribution in [1.82, 2.24) is 10.2 Å². The number of likely N-dealkylation sites (tertiary alicyclic amines) is 1. The third-order valence-electron chi connectivity index (χ3n) is 5.81. The van der Waals surface area contributed by atoms with Crippen molar-refractivity contribution in [1.29, 1.82) is 0 Å². The molecule has 2 bridgehead atoms. The van der Waals surface area contributed by atoms with Crippen LogP contribution in [-0.2, 0) is 4.79 Å². The molecule has 1 aromatic rings. The number of thiophene rings is 1. The van der Waals surface area contributed by atoms with Gasteiger partial charge in [0, 0.05) is 30.5 Å². The fraction of sp³-hybridized carbons (Fsp3) is 0.647. The molecule has 1 aliphatic heterocycles. The Labute approximate surface area is 139 Å². The molecule has 6 heteroatoms. The van der Waals surface area contributed by atoms with Crippen LogP contribution in [0.3, 0.4) is 0 Å². The van der Waals surface area contributed by atoms with E-state index in [1.54, 1.807) is 6.07 Å². The molecule has 23 heavy (non-hydrogen) atoms. The van der Waals surface area contributed by atoms with Crippen LogP contribution in [-0.4, -0.2) is 47.1 Å². The molecule has 1 aromatic heterocycles. The van der Waals surface area contributed by atoms with Gasteiger partial charge in [-0.05, 0) is 48.5 Å². The second kappa shape index (κ2) is 5.91. The van der Waals surface area contributed by atoms with Gasteiger partial charge in [0.1, 0.15) is 0 Å². The van der Waals surface area contributed by atoms with Gasteiger partial charge in [-0.2, -0.15) is 11.3 Å². The topological polar surface area (TPSA) is 69.6 Å². The molecule has 0 unspecified atom stereocenters. The summed E-state index contributed by atoms with van der Waals surface area (Å²) in [5, 5.41) is 16.9. The van der Waals surface area contributed by atoms with Crippen LogP contribution in [0.5, 0.6) is 0 Å².